The maximum Gasteiger partial charge on any atom is 0.303 e. The van der Waals surface area contributed by atoms with Crippen molar-refractivity contribution < 1.29 is 9.90 Å². The predicted octanol–water partition coefficient (Wildman–Crippen LogP) is 3.04. The van der Waals surface area contributed by atoms with E-state index in [0.717, 1.165) is 35.9 Å². The van der Waals surface area contributed by atoms with Crippen molar-refractivity contribution in [2.75, 3.05) is 18.0 Å². The van der Waals surface area contributed by atoms with Gasteiger partial charge in [0, 0.05) is 25.1 Å². The molecule has 5 heteroatoms. The maximum atomic E-state index is 10.9. The molecule has 1 heterocycles. The maximum absolute atomic E-state index is 10.9. The summed E-state index contributed by atoms with van der Waals surface area (Å²) in [6, 6.07) is 9.97. The second-order valence-corrected chi connectivity index (χ2v) is 5.20. The van der Waals surface area contributed by atoms with Crippen molar-refractivity contribution in [1.29, 1.82) is 0 Å². The molecular formula is C17H23N3O2. The van der Waals surface area contributed by atoms with E-state index >= 15 is 0 Å². The minimum atomic E-state index is -0.780. The molecule has 0 unspecified atom stereocenters. The third-order valence-corrected chi connectivity index (χ3v) is 3.81. The quantitative estimate of drug-likeness (QED) is 0.854. The van der Waals surface area contributed by atoms with Gasteiger partial charge >= 0.3 is 5.97 Å². The van der Waals surface area contributed by atoms with Gasteiger partial charge in [-0.05, 0) is 39.3 Å². The average molecular weight is 301 g/mol. The second-order valence-electron chi connectivity index (χ2n) is 5.20. The van der Waals surface area contributed by atoms with E-state index in [1.807, 2.05) is 41.9 Å². The topological polar surface area (TPSA) is 58.4 Å². The van der Waals surface area contributed by atoms with Crippen molar-refractivity contribution in [2.45, 2.75) is 33.6 Å². The highest BCUT2D eigenvalue weighted by atomic mass is 16.4. The predicted molar refractivity (Wildman–Crippen MR) is 87.8 cm³/mol. The summed E-state index contributed by atoms with van der Waals surface area (Å²) in [5.74, 6) is 0.229. The van der Waals surface area contributed by atoms with Crippen LogP contribution in [0.4, 0.5) is 5.82 Å². The van der Waals surface area contributed by atoms with Crippen molar-refractivity contribution in [3.8, 4) is 5.69 Å². The first-order valence-corrected chi connectivity index (χ1v) is 7.69. The molecule has 0 aliphatic rings. The lowest BCUT2D eigenvalue weighted by Gasteiger charge is -2.23. The number of benzene rings is 1. The van der Waals surface area contributed by atoms with Crippen LogP contribution in [0.15, 0.2) is 30.3 Å². The number of carboxylic acids is 1. The molecule has 1 aromatic heterocycles. The van der Waals surface area contributed by atoms with Crippen LogP contribution in [0.2, 0.25) is 0 Å². The van der Waals surface area contributed by atoms with Crippen LogP contribution in [0.3, 0.4) is 0 Å². The van der Waals surface area contributed by atoms with Gasteiger partial charge in [-0.1, -0.05) is 18.2 Å². The highest BCUT2D eigenvalue weighted by Crippen LogP contribution is 2.28. The van der Waals surface area contributed by atoms with E-state index in [0.29, 0.717) is 6.42 Å². The summed E-state index contributed by atoms with van der Waals surface area (Å²) < 4.78 is 1.93. The lowest BCUT2D eigenvalue weighted by molar-refractivity contribution is -0.136. The zero-order valence-corrected chi connectivity index (χ0v) is 13.4. The van der Waals surface area contributed by atoms with Crippen molar-refractivity contribution in [3.63, 3.8) is 0 Å². The summed E-state index contributed by atoms with van der Waals surface area (Å²) in [7, 11) is 0. The molecule has 1 aromatic carbocycles. The van der Waals surface area contributed by atoms with Crippen molar-refractivity contribution in [1.82, 2.24) is 9.78 Å². The first-order chi connectivity index (χ1) is 10.6. The summed E-state index contributed by atoms with van der Waals surface area (Å²) >= 11 is 0. The van der Waals surface area contributed by atoms with Gasteiger partial charge in [0.2, 0.25) is 0 Å². The zero-order valence-electron chi connectivity index (χ0n) is 13.4. The van der Waals surface area contributed by atoms with Gasteiger partial charge in [-0.3, -0.25) is 4.79 Å². The highest BCUT2D eigenvalue weighted by Gasteiger charge is 2.20. The van der Waals surface area contributed by atoms with Crippen molar-refractivity contribution in [3.05, 3.63) is 41.6 Å². The SMILES string of the molecule is CCN(CC)c1c(CCC(=O)O)c(C)nn1-c1ccccc1. The van der Waals surface area contributed by atoms with E-state index in [2.05, 4.69) is 23.8 Å². The van der Waals surface area contributed by atoms with Crippen LogP contribution in [-0.4, -0.2) is 33.9 Å². The Bertz CT molecular complexity index is 631. The molecule has 0 saturated carbocycles. The van der Waals surface area contributed by atoms with Crippen LogP contribution in [0.25, 0.3) is 5.69 Å². The van der Waals surface area contributed by atoms with Gasteiger partial charge in [-0.2, -0.15) is 5.10 Å². The Morgan fingerprint density at radius 2 is 1.86 bits per heavy atom. The van der Waals surface area contributed by atoms with E-state index in [4.69, 9.17) is 5.11 Å². The molecule has 0 bridgehead atoms. The van der Waals surface area contributed by atoms with Crippen LogP contribution in [-0.2, 0) is 11.2 Å². The van der Waals surface area contributed by atoms with E-state index in [9.17, 15) is 4.79 Å². The lowest BCUT2D eigenvalue weighted by atomic mass is 10.1. The van der Waals surface area contributed by atoms with Gasteiger partial charge < -0.3 is 10.0 Å². The molecule has 118 valence electrons. The summed E-state index contributed by atoms with van der Waals surface area (Å²) in [6.45, 7) is 7.86. The number of aromatic nitrogens is 2. The number of aliphatic carboxylic acids is 1. The fourth-order valence-corrected chi connectivity index (χ4v) is 2.67. The molecule has 22 heavy (non-hydrogen) atoms. The van der Waals surface area contributed by atoms with Gasteiger partial charge in [-0.25, -0.2) is 4.68 Å². The normalized spacial score (nSPS) is 10.7. The number of carbonyl (C=O) groups is 1. The number of carboxylic acid groups (broad SMARTS) is 1. The van der Waals surface area contributed by atoms with Crippen molar-refractivity contribution in [2.24, 2.45) is 0 Å². The molecule has 0 aliphatic heterocycles. The number of anilines is 1. The number of hydrogen-bond acceptors (Lipinski definition) is 3. The Kier molecular flexibility index (Phi) is 5.20. The molecule has 0 amide bonds. The summed E-state index contributed by atoms with van der Waals surface area (Å²) in [5, 5.41) is 13.7. The van der Waals surface area contributed by atoms with Gasteiger partial charge in [0.15, 0.2) is 0 Å². The molecule has 0 saturated heterocycles. The fourth-order valence-electron chi connectivity index (χ4n) is 2.67. The zero-order chi connectivity index (χ0) is 16.1. The average Bonchev–Trinajstić information content (AvgIpc) is 2.84. The number of para-hydroxylation sites is 1. The Labute approximate surface area is 131 Å². The monoisotopic (exact) mass is 301 g/mol. The van der Waals surface area contributed by atoms with Crippen LogP contribution < -0.4 is 4.90 Å². The Morgan fingerprint density at radius 1 is 1.23 bits per heavy atom. The molecule has 0 spiro atoms. The first-order valence-electron chi connectivity index (χ1n) is 7.69. The molecule has 0 radical (unpaired) electrons. The second kappa shape index (κ2) is 7.11. The van der Waals surface area contributed by atoms with Crippen molar-refractivity contribution >= 4 is 11.8 Å². The van der Waals surface area contributed by atoms with Crippen LogP contribution in [0, 0.1) is 6.92 Å². The fraction of sp³-hybridized carbons (Fsp3) is 0.412. The molecule has 2 aromatic rings. The highest BCUT2D eigenvalue weighted by molar-refractivity contribution is 5.68. The van der Waals surface area contributed by atoms with Gasteiger partial charge in [-0.15, -0.1) is 0 Å². The van der Waals surface area contributed by atoms with E-state index in [1.165, 1.54) is 0 Å². The van der Waals surface area contributed by atoms with E-state index in [-0.39, 0.29) is 6.42 Å². The lowest BCUT2D eigenvalue weighted by Crippen LogP contribution is -2.26. The standard InChI is InChI=1S/C17H23N3O2/c1-4-19(5-2)17-15(11-12-16(21)22)13(3)18-20(17)14-9-7-6-8-10-14/h6-10H,4-5,11-12H2,1-3H3,(H,21,22). The third kappa shape index (κ3) is 3.30. The molecular weight excluding hydrogens is 278 g/mol. The largest absolute Gasteiger partial charge is 0.481 e. The van der Waals surface area contributed by atoms with Gasteiger partial charge in [0.05, 0.1) is 11.4 Å². The summed E-state index contributed by atoms with van der Waals surface area (Å²) in [5.41, 5.74) is 2.91. The molecule has 0 fully saturated rings. The number of nitrogens with zero attached hydrogens (tertiary/aromatic N) is 3. The van der Waals surface area contributed by atoms with Crippen LogP contribution in [0.1, 0.15) is 31.5 Å². The van der Waals surface area contributed by atoms with Gasteiger partial charge in [0.1, 0.15) is 5.82 Å². The van der Waals surface area contributed by atoms with Crippen LogP contribution in [0.5, 0.6) is 0 Å². The third-order valence-electron chi connectivity index (χ3n) is 3.81. The molecule has 1 N–H and O–H groups in total. The van der Waals surface area contributed by atoms with E-state index < -0.39 is 5.97 Å². The molecule has 5 nitrogen and oxygen atoms in total. The first kappa shape index (κ1) is 16.1. The molecule has 0 atom stereocenters. The Hall–Kier alpha value is -2.30. The van der Waals surface area contributed by atoms with Gasteiger partial charge in [0.25, 0.3) is 0 Å². The number of aryl methyl sites for hydroxylation is 1. The number of rotatable bonds is 7. The molecule has 2 rings (SSSR count). The minimum Gasteiger partial charge on any atom is -0.481 e. The Morgan fingerprint density at radius 3 is 2.41 bits per heavy atom. The molecule has 0 aliphatic carbocycles. The van der Waals surface area contributed by atoms with E-state index in [1.54, 1.807) is 0 Å². The summed E-state index contributed by atoms with van der Waals surface area (Å²) in [4.78, 5) is 13.2. The smallest absolute Gasteiger partial charge is 0.303 e. The van der Waals surface area contributed by atoms with Crippen LogP contribution >= 0.6 is 0 Å². The number of hydrogen-bond donors (Lipinski definition) is 1. The minimum absolute atomic E-state index is 0.121. The Balaban J connectivity index is 2.53. The summed E-state index contributed by atoms with van der Waals surface area (Å²) in [6.07, 6.45) is 0.620.